The monoisotopic (exact) mass is 404 g/mol. The van der Waals surface area contributed by atoms with Gasteiger partial charge in [-0.15, -0.1) is 0 Å². The van der Waals surface area contributed by atoms with Crippen molar-refractivity contribution < 1.29 is 32.6 Å². The zero-order valence-corrected chi connectivity index (χ0v) is 17.6. The molecule has 0 saturated heterocycles. The fraction of sp³-hybridized carbons (Fsp3) is 0.684. The summed E-state index contributed by atoms with van der Waals surface area (Å²) in [5.74, 6) is 0.852. The van der Waals surface area contributed by atoms with Crippen molar-refractivity contribution in [1.82, 2.24) is 0 Å². The second kappa shape index (κ2) is 15.0. The Bertz CT molecular complexity index is 529. The summed E-state index contributed by atoms with van der Waals surface area (Å²) in [7, 11) is -3.02. The van der Waals surface area contributed by atoms with Gasteiger partial charge >= 0.3 is 7.60 Å². The maximum Gasteiger partial charge on any atom is 0.332 e. The smallest absolute Gasteiger partial charge is 0.332 e. The molecule has 156 valence electrons. The van der Waals surface area contributed by atoms with E-state index in [0.29, 0.717) is 59.5 Å². The van der Waals surface area contributed by atoms with E-state index in [0.717, 1.165) is 5.75 Å². The first kappa shape index (κ1) is 24.1. The molecule has 27 heavy (non-hydrogen) atoms. The number of aryl methyl sites for hydroxylation is 1. The quantitative estimate of drug-likeness (QED) is 0.290. The highest BCUT2D eigenvalue weighted by atomic mass is 31.2. The molecule has 0 amide bonds. The minimum absolute atomic E-state index is 0.249. The Balaban J connectivity index is 1.91. The van der Waals surface area contributed by atoms with Crippen LogP contribution in [0, 0.1) is 6.92 Å². The normalized spacial score (nSPS) is 11.7. The third kappa shape index (κ3) is 12.2. The van der Waals surface area contributed by atoms with Crippen molar-refractivity contribution in [2.75, 3.05) is 65.6 Å². The second-order valence-corrected chi connectivity index (χ2v) is 7.86. The van der Waals surface area contributed by atoms with E-state index >= 15 is 0 Å². The SMILES string of the molecule is CCOP(=O)(CCOCCOCCOCCOc1cccc(C)c1)OCC. The van der Waals surface area contributed by atoms with Crippen LogP contribution in [0.25, 0.3) is 0 Å². The van der Waals surface area contributed by atoms with Gasteiger partial charge in [-0.2, -0.15) is 0 Å². The fourth-order valence-corrected chi connectivity index (χ4v) is 3.67. The Morgan fingerprint density at radius 1 is 0.815 bits per heavy atom. The van der Waals surface area contributed by atoms with Crippen molar-refractivity contribution in [3.63, 3.8) is 0 Å². The molecular weight excluding hydrogens is 371 g/mol. The van der Waals surface area contributed by atoms with Crippen molar-refractivity contribution in [2.24, 2.45) is 0 Å². The van der Waals surface area contributed by atoms with E-state index in [9.17, 15) is 4.57 Å². The summed E-state index contributed by atoms with van der Waals surface area (Å²) in [6, 6.07) is 7.91. The first-order valence-electron chi connectivity index (χ1n) is 9.40. The van der Waals surface area contributed by atoms with E-state index in [4.69, 9.17) is 28.0 Å². The van der Waals surface area contributed by atoms with Crippen molar-refractivity contribution in [2.45, 2.75) is 20.8 Å². The summed E-state index contributed by atoms with van der Waals surface area (Å²) in [5, 5.41) is 0. The number of benzene rings is 1. The third-order valence-corrected chi connectivity index (χ3v) is 5.42. The van der Waals surface area contributed by atoms with Gasteiger partial charge in [0, 0.05) is 0 Å². The summed E-state index contributed by atoms with van der Waals surface area (Å²) < 4.78 is 44.4. The molecule has 0 fully saturated rings. The van der Waals surface area contributed by atoms with E-state index in [1.165, 1.54) is 5.56 Å². The molecule has 0 aromatic heterocycles. The predicted molar refractivity (Wildman–Crippen MR) is 105 cm³/mol. The number of rotatable bonds is 17. The first-order chi connectivity index (χ1) is 13.1. The van der Waals surface area contributed by atoms with Crippen molar-refractivity contribution in [3.05, 3.63) is 29.8 Å². The summed E-state index contributed by atoms with van der Waals surface area (Å²) in [6.07, 6.45) is 0.249. The van der Waals surface area contributed by atoms with E-state index in [1.54, 1.807) is 13.8 Å². The Morgan fingerprint density at radius 2 is 1.37 bits per heavy atom. The van der Waals surface area contributed by atoms with Gasteiger partial charge in [-0.3, -0.25) is 4.57 Å². The highest BCUT2D eigenvalue weighted by Crippen LogP contribution is 2.47. The van der Waals surface area contributed by atoms with Crippen LogP contribution in [0.4, 0.5) is 0 Å². The third-order valence-electron chi connectivity index (χ3n) is 3.39. The Morgan fingerprint density at radius 3 is 1.93 bits per heavy atom. The molecule has 0 radical (unpaired) electrons. The molecular formula is C19H33O7P. The van der Waals surface area contributed by atoms with Crippen LogP contribution in [0.1, 0.15) is 19.4 Å². The van der Waals surface area contributed by atoms with Gasteiger partial charge in [-0.05, 0) is 38.5 Å². The summed E-state index contributed by atoms with van der Waals surface area (Å²) in [6.45, 7) is 9.52. The van der Waals surface area contributed by atoms with Gasteiger partial charge in [0.15, 0.2) is 0 Å². The lowest BCUT2D eigenvalue weighted by molar-refractivity contribution is 0.0111. The predicted octanol–water partition coefficient (Wildman–Crippen LogP) is 3.69. The maximum atomic E-state index is 12.2. The van der Waals surface area contributed by atoms with Gasteiger partial charge in [0.2, 0.25) is 0 Å². The van der Waals surface area contributed by atoms with E-state index in [-0.39, 0.29) is 6.16 Å². The van der Waals surface area contributed by atoms with Gasteiger partial charge < -0.3 is 28.0 Å². The molecule has 1 rings (SSSR count). The van der Waals surface area contributed by atoms with Crippen molar-refractivity contribution in [1.29, 1.82) is 0 Å². The average molecular weight is 404 g/mol. The molecule has 0 heterocycles. The van der Waals surface area contributed by atoms with Crippen LogP contribution < -0.4 is 4.74 Å². The van der Waals surface area contributed by atoms with Gasteiger partial charge in [-0.25, -0.2) is 0 Å². The molecule has 0 unspecified atom stereocenters. The average Bonchev–Trinajstić information content (AvgIpc) is 2.63. The van der Waals surface area contributed by atoms with Crippen LogP contribution in [-0.2, 0) is 27.8 Å². The van der Waals surface area contributed by atoms with Crippen LogP contribution in [0.2, 0.25) is 0 Å². The largest absolute Gasteiger partial charge is 0.491 e. The summed E-state index contributed by atoms with van der Waals surface area (Å²) in [4.78, 5) is 0. The molecule has 0 aliphatic rings. The molecule has 1 aromatic rings. The topological polar surface area (TPSA) is 72.5 Å². The molecule has 1 aromatic carbocycles. The van der Waals surface area contributed by atoms with Gasteiger partial charge in [-0.1, -0.05) is 12.1 Å². The Kier molecular flexibility index (Phi) is 13.4. The van der Waals surface area contributed by atoms with Crippen molar-refractivity contribution >= 4 is 7.60 Å². The highest BCUT2D eigenvalue weighted by molar-refractivity contribution is 7.53. The number of hydrogen-bond donors (Lipinski definition) is 0. The lowest BCUT2D eigenvalue weighted by Crippen LogP contribution is -2.13. The van der Waals surface area contributed by atoms with Gasteiger partial charge in [0.1, 0.15) is 12.4 Å². The molecule has 7 nitrogen and oxygen atoms in total. The molecule has 0 atom stereocenters. The van der Waals surface area contributed by atoms with Crippen LogP contribution in [-0.4, -0.2) is 65.6 Å². The van der Waals surface area contributed by atoms with Gasteiger partial charge in [0.25, 0.3) is 0 Å². The molecule has 0 saturated carbocycles. The molecule has 0 N–H and O–H groups in total. The summed E-state index contributed by atoms with van der Waals surface area (Å²) in [5.41, 5.74) is 1.17. The zero-order chi connectivity index (χ0) is 19.8. The van der Waals surface area contributed by atoms with E-state index < -0.39 is 7.60 Å². The molecule has 0 spiro atoms. The number of ether oxygens (including phenoxy) is 4. The highest BCUT2D eigenvalue weighted by Gasteiger charge is 2.22. The van der Waals surface area contributed by atoms with Crippen LogP contribution in [0.3, 0.4) is 0 Å². The Labute approximate surface area is 162 Å². The lowest BCUT2D eigenvalue weighted by atomic mass is 10.2. The van der Waals surface area contributed by atoms with Crippen LogP contribution in [0.5, 0.6) is 5.75 Å². The summed E-state index contributed by atoms with van der Waals surface area (Å²) >= 11 is 0. The van der Waals surface area contributed by atoms with Crippen LogP contribution >= 0.6 is 7.60 Å². The zero-order valence-electron chi connectivity index (χ0n) is 16.7. The van der Waals surface area contributed by atoms with Crippen molar-refractivity contribution in [3.8, 4) is 5.75 Å². The molecule has 0 bridgehead atoms. The van der Waals surface area contributed by atoms with E-state index in [1.807, 2.05) is 31.2 Å². The van der Waals surface area contributed by atoms with Gasteiger partial charge in [0.05, 0.1) is 59.0 Å². The van der Waals surface area contributed by atoms with E-state index in [2.05, 4.69) is 0 Å². The molecule has 0 aliphatic carbocycles. The number of hydrogen-bond acceptors (Lipinski definition) is 7. The fourth-order valence-electron chi connectivity index (χ4n) is 2.20. The standard InChI is InChI=1S/C19H33O7P/c1-4-25-27(20,26-5-2)16-15-23-12-11-21-9-10-22-13-14-24-19-8-6-7-18(3)17-19/h6-8,17H,4-5,9-16H2,1-3H3. The second-order valence-electron chi connectivity index (χ2n) is 5.67. The molecule has 0 aliphatic heterocycles. The first-order valence-corrected chi connectivity index (χ1v) is 11.1. The molecule has 8 heteroatoms. The maximum absolute atomic E-state index is 12.2. The van der Waals surface area contributed by atoms with Crippen LogP contribution in [0.15, 0.2) is 24.3 Å². The lowest BCUT2D eigenvalue weighted by Gasteiger charge is -2.16. The Hall–Kier alpha value is -0.950. The minimum Gasteiger partial charge on any atom is -0.491 e. The minimum atomic E-state index is -3.02.